The Bertz CT molecular complexity index is 620. The van der Waals surface area contributed by atoms with Crippen LogP contribution in [0.15, 0.2) is 29.8 Å². The van der Waals surface area contributed by atoms with Crippen LogP contribution in [0.25, 0.3) is 0 Å². The lowest BCUT2D eigenvalue weighted by Crippen LogP contribution is -2.11. The van der Waals surface area contributed by atoms with Crippen molar-refractivity contribution in [1.82, 2.24) is 4.98 Å². The summed E-state index contributed by atoms with van der Waals surface area (Å²) < 4.78 is 26.0. The number of alkyl halides is 2. The Balaban J connectivity index is 2.14. The van der Waals surface area contributed by atoms with Gasteiger partial charge in [0.1, 0.15) is 0 Å². The molecule has 0 amide bonds. The highest BCUT2D eigenvalue weighted by Gasteiger charge is 2.18. The van der Waals surface area contributed by atoms with E-state index in [9.17, 15) is 18.9 Å². The van der Waals surface area contributed by atoms with Crippen molar-refractivity contribution >= 4 is 22.7 Å². The minimum Gasteiger partial charge on any atom is -0.384 e. The number of halogens is 2. The van der Waals surface area contributed by atoms with E-state index in [0.717, 1.165) is 11.1 Å². The first-order chi connectivity index (χ1) is 9.99. The van der Waals surface area contributed by atoms with Gasteiger partial charge in [0, 0.05) is 47.4 Å². The molecule has 21 heavy (non-hydrogen) atoms. The lowest BCUT2D eigenvalue weighted by atomic mass is 10.1. The zero-order valence-corrected chi connectivity index (χ0v) is 11.9. The quantitative estimate of drug-likeness (QED) is 0.641. The summed E-state index contributed by atoms with van der Waals surface area (Å²) in [6, 6.07) is 3.43. The molecule has 1 unspecified atom stereocenters. The van der Waals surface area contributed by atoms with Crippen LogP contribution in [0, 0.1) is 10.1 Å². The molecule has 112 valence electrons. The first kappa shape index (κ1) is 15.3. The normalized spacial score (nSPS) is 12.4. The standard InChI is InChI=1S/C13H13F2N3O2S/c1-8(13-16-4-5-21-13)7-17-11-3-2-9(18(19)20)6-10(11)12(14)15/h2-6,8,12,17H,7H2,1H3. The third-order valence-corrected chi connectivity index (χ3v) is 3.96. The average molecular weight is 313 g/mol. The van der Waals surface area contributed by atoms with E-state index in [0.29, 0.717) is 6.54 Å². The molecule has 0 fully saturated rings. The number of rotatable bonds is 6. The topological polar surface area (TPSA) is 68.1 Å². The minimum atomic E-state index is -2.78. The fourth-order valence-corrected chi connectivity index (χ4v) is 2.53. The van der Waals surface area contributed by atoms with Crippen molar-refractivity contribution in [2.45, 2.75) is 19.3 Å². The minimum absolute atomic E-state index is 0.0608. The van der Waals surface area contributed by atoms with Crippen molar-refractivity contribution in [3.63, 3.8) is 0 Å². The molecule has 1 N–H and O–H groups in total. The van der Waals surface area contributed by atoms with Crippen LogP contribution < -0.4 is 5.32 Å². The van der Waals surface area contributed by atoms with Crippen LogP contribution in [-0.4, -0.2) is 16.5 Å². The highest BCUT2D eigenvalue weighted by Crippen LogP contribution is 2.31. The third kappa shape index (κ3) is 3.72. The Hall–Kier alpha value is -2.09. The van der Waals surface area contributed by atoms with Gasteiger partial charge >= 0.3 is 0 Å². The number of anilines is 1. The second-order valence-corrected chi connectivity index (χ2v) is 5.41. The summed E-state index contributed by atoms with van der Waals surface area (Å²) in [5.74, 6) is 0.0608. The number of thiazole rings is 1. The first-order valence-corrected chi connectivity index (χ1v) is 7.06. The van der Waals surface area contributed by atoms with Crippen molar-refractivity contribution in [3.8, 4) is 0 Å². The fraction of sp³-hybridized carbons (Fsp3) is 0.308. The highest BCUT2D eigenvalue weighted by atomic mass is 32.1. The Morgan fingerprint density at radius 2 is 2.24 bits per heavy atom. The van der Waals surface area contributed by atoms with E-state index in [1.807, 2.05) is 12.3 Å². The van der Waals surface area contributed by atoms with Gasteiger partial charge in [-0.25, -0.2) is 13.8 Å². The molecule has 0 saturated heterocycles. The number of benzene rings is 1. The Morgan fingerprint density at radius 1 is 1.48 bits per heavy atom. The van der Waals surface area contributed by atoms with Gasteiger partial charge in [-0.2, -0.15) is 0 Å². The summed E-state index contributed by atoms with van der Waals surface area (Å²) in [7, 11) is 0. The molecular weight excluding hydrogens is 300 g/mol. The molecule has 1 aromatic carbocycles. The SMILES string of the molecule is CC(CNc1ccc([N+](=O)[O-])cc1C(F)F)c1nccs1. The van der Waals surface area contributed by atoms with Gasteiger partial charge in [-0.1, -0.05) is 6.92 Å². The number of nitrogens with zero attached hydrogens (tertiary/aromatic N) is 2. The number of nitrogens with one attached hydrogen (secondary N) is 1. The Labute approximate surface area is 123 Å². The van der Waals surface area contributed by atoms with E-state index < -0.39 is 11.3 Å². The molecule has 0 bridgehead atoms. The largest absolute Gasteiger partial charge is 0.384 e. The molecule has 0 aliphatic heterocycles. The average Bonchev–Trinajstić information content (AvgIpc) is 2.98. The van der Waals surface area contributed by atoms with Crippen molar-refractivity contribution in [2.75, 3.05) is 11.9 Å². The molecule has 1 atom stereocenters. The van der Waals surface area contributed by atoms with Crippen molar-refractivity contribution in [3.05, 3.63) is 50.5 Å². The molecule has 0 aliphatic rings. The third-order valence-electron chi connectivity index (χ3n) is 2.95. The summed E-state index contributed by atoms with van der Waals surface area (Å²) in [5, 5.41) is 16.3. The van der Waals surface area contributed by atoms with Crippen LogP contribution in [-0.2, 0) is 0 Å². The van der Waals surface area contributed by atoms with Crippen molar-refractivity contribution < 1.29 is 13.7 Å². The summed E-state index contributed by atoms with van der Waals surface area (Å²) in [5.41, 5.74) is -0.502. The van der Waals surface area contributed by atoms with Crippen LogP contribution in [0.3, 0.4) is 0 Å². The monoisotopic (exact) mass is 313 g/mol. The second-order valence-electron chi connectivity index (χ2n) is 4.48. The predicted octanol–water partition coefficient (Wildman–Crippen LogP) is 4.20. The number of hydrogen-bond acceptors (Lipinski definition) is 5. The van der Waals surface area contributed by atoms with E-state index in [-0.39, 0.29) is 22.9 Å². The highest BCUT2D eigenvalue weighted by molar-refractivity contribution is 7.09. The molecule has 2 rings (SSSR count). The van der Waals surface area contributed by atoms with Crippen LogP contribution in [0.5, 0.6) is 0 Å². The van der Waals surface area contributed by atoms with Crippen LogP contribution in [0.4, 0.5) is 20.2 Å². The van der Waals surface area contributed by atoms with E-state index in [4.69, 9.17) is 0 Å². The number of nitro groups is 1. The summed E-state index contributed by atoms with van der Waals surface area (Å²) >= 11 is 1.49. The number of nitro benzene ring substituents is 1. The van der Waals surface area contributed by atoms with E-state index in [1.54, 1.807) is 6.20 Å². The van der Waals surface area contributed by atoms with Gasteiger partial charge in [0.2, 0.25) is 0 Å². The molecule has 2 aromatic rings. The van der Waals surface area contributed by atoms with Crippen LogP contribution >= 0.6 is 11.3 Å². The molecule has 0 aliphatic carbocycles. The molecule has 8 heteroatoms. The van der Waals surface area contributed by atoms with E-state index in [1.165, 1.54) is 23.5 Å². The summed E-state index contributed by atoms with van der Waals surface area (Å²) in [6.45, 7) is 2.35. The van der Waals surface area contributed by atoms with Gasteiger partial charge < -0.3 is 5.32 Å². The zero-order chi connectivity index (χ0) is 15.4. The number of non-ortho nitro benzene ring substituents is 1. The van der Waals surface area contributed by atoms with Gasteiger partial charge in [0.05, 0.1) is 9.93 Å². The molecule has 0 spiro atoms. The molecular formula is C13H13F2N3O2S. The van der Waals surface area contributed by atoms with Gasteiger partial charge in [-0.3, -0.25) is 10.1 Å². The Kier molecular flexibility index (Phi) is 4.79. The Morgan fingerprint density at radius 3 is 2.81 bits per heavy atom. The predicted molar refractivity (Wildman–Crippen MR) is 77.1 cm³/mol. The zero-order valence-electron chi connectivity index (χ0n) is 11.1. The van der Waals surface area contributed by atoms with Crippen LogP contribution in [0.2, 0.25) is 0 Å². The second kappa shape index (κ2) is 6.57. The smallest absolute Gasteiger partial charge is 0.270 e. The van der Waals surface area contributed by atoms with Crippen molar-refractivity contribution in [2.24, 2.45) is 0 Å². The summed E-state index contributed by atoms with van der Waals surface area (Å²) in [6.07, 6.45) is -1.09. The molecule has 1 heterocycles. The lowest BCUT2D eigenvalue weighted by molar-refractivity contribution is -0.385. The van der Waals surface area contributed by atoms with Crippen molar-refractivity contribution in [1.29, 1.82) is 0 Å². The van der Waals surface area contributed by atoms with Gasteiger partial charge in [0.25, 0.3) is 12.1 Å². The van der Waals surface area contributed by atoms with Gasteiger partial charge in [-0.05, 0) is 6.07 Å². The van der Waals surface area contributed by atoms with Crippen LogP contribution in [0.1, 0.15) is 29.8 Å². The van der Waals surface area contributed by atoms with E-state index >= 15 is 0 Å². The first-order valence-electron chi connectivity index (χ1n) is 6.18. The van der Waals surface area contributed by atoms with Gasteiger partial charge in [-0.15, -0.1) is 11.3 Å². The maximum Gasteiger partial charge on any atom is 0.270 e. The number of aromatic nitrogens is 1. The van der Waals surface area contributed by atoms with E-state index in [2.05, 4.69) is 10.3 Å². The molecule has 1 aromatic heterocycles. The fourth-order valence-electron chi connectivity index (χ4n) is 1.83. The molecule has 0 radical (unpaired) electrons. The maximum atomic E-state index is 13.0. The summed E-state index contributed by atoms with van der Waals surface area (Å²) in [4.78, 5) is 14.1. The molecule has 5 nitrogen and oxygen atoms in total. The molecule has 0 saturated carbocycles. The lowest BCUT2D eigenvalue weighted by Gasteiger charge is -2.14. The van der Waals surface area contributed by atoms with Gasteiger partial charge in [0.15, 0.2) is 0 Å². The maximum absolute atomic E-state index is 13.0. The number of hydrogen-bond donors (Lipinski definition) is 1.